The van der Waals surface area contributed by atoms with E-state index in [1.54, 1.807) is 12.1 Å². The van der Waals surface area contributed by atoms with Gasteiger partial charge in [0.2, 0.25) is 0 Å². The first kappa shape index (κ1) is 11.2. The summed E-state index contributed by atoms with van der Waals surface area (Å²) in [6.07, 6.45) is 3.92. The first-order valence-electron chi connectivity index (χ1n) is 4.57. The molecule has 1 aromatic rings. The summed E-state index contributed by atoms with van der Waals surface area (Å²) >= 11 is 0. The molecule has 15 heavy (non-hydrogen) atoms. The van der Waals surface area contributed by atoms with E-state index in [-0.39, 0.29) is 6.42 Å². The molecule has 3 heteroatoms. The highest BCUT2D eigenvalue weighted by molar-refractivity contribution is 5.82. The van der Waals surface area contributed by atoms with Gasteiger partial charge in [-0.2, -0.15) is 0 Å². The van der Waals surface area contributed by atoms with Crippen LogP contribution in [-0.4, -0.2) is 17.4 Å². The summed E-state index contributed by atoms with van der Waals surface area (Å²) in [6.45, 7) is 1.92. The van der Waals surface area contributed by atoms with Gasteiger partial charge in [-0.1, -0.05) is 35.9 Å². The summed E-state index contributed by atoms with van der Waals surface area (Å²) in [5.41, 5.74) is 2.36. The van der Waals surface area contributed by atoms with Gasteiger partial charge in [-0.15, -0.1) is 0 Å². The van der Waals surface area contributed by atoms with Gasteiger partial charge < -0.3 is 5.11 Å². The van der Waals surface area contributed by atoms with Crippen molar-refractivity contribution in [3.05, 3.63) is 41.0 Å². The predicted molar refractivity (Wildman–Crippen MR) is 57.9 cm³/mol. The fourth-order valence-electron chi connectivity index (χ4n) is 1.23. The highest BCUT2D eigenvalue weighted by Gasteiger charge is 1.98. The van der Waals surface area contributed by atoms with Crippen molar-refractivity contribution < 1.29 is 14.7 Å². The van der Waals surface area contributed by atoms with Crippen LogP contribution in [0.3, 0.4) is 0 Å². The lowest BCUT2D eigenvalue weighted by molar-refractivity contribution is -0.135. The first-order valence-corrected chi connectivity index (χ1v) is 4.57. The number of carbonyl (C=O) groups excluding carboxylic acids is 1. The third kappa shape index (κ3) is 3.38. The van der Waals surface area contributed by atoms with E-state index in [9.17, 15) is 9.59 Å². The molecule has 3 nitrogen and oxygen atoms in total. The molecule has 1 aromatic carbocycles. The molecule has 0 aliphatic rings. The molecule has 78 valence electrons. The maximum Gasteiger partial charge on any atom is 0.307 e. The van der Waals surface area contributed by atoms with Crippen LogP contribution in [0, 0.1) is 6.92 Å². The fourth-order valence-corrected chi connectivity index (χ4v) is 1.23. The number of carboxylic acid groups (broad SMARTS) is 1. The zero-order valence-electron chi connectivity index (χ0n) is 8.43. The van der Waals surface area contributed by atoms with Crippen LogP contribution >= 0.6 is 0 Å². The molecule has 0 bridgehead atoms. The van der Waals surface area contributed by atoms with Crippen molar-refractivity contribution in [2.45, 2.75) is 13.3 Å². The molecular weight excluding hydrogens is 192 g/mol. The fraction of sp³-hybridized carbons (Fsp3) is 0.167. The Morgan fingerprint density at radius 3 is 2.73 bits per heavy atom. The number of hydrogen-bond donors (Lipinski definition) is 1. The maximum absolute atomic E-state index is 10.7. The number of hydrogen-bond acceptors (Lipinski definition) is 2. The van der Waals surface area contributed by atoms with Gasteiger partial charge in [0, 0.05) is 5.56 Å². The summed E-state index contributed by atoms with van der Waals surface area (Å²) < 4.78 is 0. The molecule has 0 saturated heterocycles. The van der Waals surface area contributed by atoms with E-state index >= 15 is 0 Å². The van der Waals surface area contributed by atoms with Gasteiger partial charge in [0.1, 0.15) is 0 Å². The minimum absolute atomic E-state index is 0.0355. The Morgan fingerprint density at radius 2 is 2.13 bits per heavy atom. The smallest absolute Gasteiger partial charge is 0.307 e. The number of aldehydes is 1. The molecule has 1 N–H and O–H groups in total. The van der Waals surface area contributed by atoms with E-state index in [2.05, 4.69) is 0 Å². The molecule has 0 heterocycles. The van der Waals surface area contributed by atoms with Gasteiger partial charge in [-0.05, 0) is 12.5 Å². The summed E-state index contributed by atoms with van der Waals surface area (Å²) in [7, 11) is 0. The Bertz CT molecular complexity index is 405. The second-order valence-corrected chi connectivity index (χ2v) is 3.25. The van der Waals surface area contributed by atoms with Crippen molar-refractivity contribution in [1.29, 1.82) is 0 Å². The number of carbonyl (C=O) groups is 2. The van der Waals surface area contributed by atoms with E-state index in [4.69, 9.17) is 5.11 Å². The summed E-state index contributed by atoms with van der Waals surface area (Å²) in [4.78, 5) is 21.0. The van der Waals surface area contributed by atoms with Crippen LogP contribution in [0.4, 0.5) is 0 Å². The van der Waals surface area contributed by atoms with E-state index < -0.39 is 5.97 Å². The number of aliphatic carboxylic acids is 1. The molecular formula is C12H12O3. The molecule has 0 atom stereocenters. The van der Waals surface area contributed by atoms with Crippen LogP contribution in [-0.2, 0) is 4.79 Å². The van der Waals surface area contributed by atoms with Gasteiger partial charge in [0.15, 0.2) is 6.29 Å². The van der Waals surface area contributed by atoms with Crippen molar-refractivity contribution >= 4 is 18.3 Å². The number of aryl methyl sites for hydroxylation is 1. The summed E-state index contributed by atoms with van der Waals surface area (Å²) in [5, 5.41) is 8.45. The van der Waals surface area contributed by atoms with Gasteiger partial charge in [0.25, 0.3) is 0 Å². The maximum atomic E-state index is 10.7. The molecule has 0 unspecified atom stereocenters. The predicted octanol–water partition coefficient (Wildman–Crippen LogP) is 2.30. The Kier molecular flexibility index (Phi) is 3.80. The van der Waals surface area contributed by atoms with E-state index in [1.807, 2.05) is 19.1 Å². The van der Waals surface area contributed by atoms with Crippen LogP contribution in [0.2, 0.25) is 0 Å². The minimum Gasteiger partial charge on any atom is -0.481 e. The Balaban J connectivity index is 2.91. The molecule has 0 aliphatic carbocycles. The quantitative estimate of drug-likeness (QED) is 0.765. The third-order valence-electron chi connectivity index (χ3n) is 1.96. The van der Waals surface area contributed by atoms with Gasteiger partial charge in [-0.3, -0.25) is 9.59 Å². The van der Waals surface area contributed by atoms with Gasteiger partial charge in [0.05, 0.1) is 6.42 Å². The van der Waals surface area contributed by atoms with Gasteiger partial charge in [-0.25, -0.2) is 0 Å². The highest BCUT2D eigenvalue weighted by atomic mass is 16.4. The second kappa shape index (κ2) is 5.10. The van der Waals surface area contributed by atoms with Crippen molar-refractivity contribution in [3.63, 3.8) is 0 Å². The summed E-state index contributed by atoms with van der Waals surface area (Å²) in [5.74, 6) is -0.883. The largest absolute Gasteiger partial charge is 0.481 e. The summed E-state index contributed by atoms with van der Waals surface area (Å²) in [6, 6.07) is 5.42. The van der Waals surface area contributed by atoms with Gasteiger partial charge >= 0.3 is 5.97 Å². The van der Waals surface area contributed by atoms with Crippen LogP contribution < -0.4 is 0 Å². The average molecular weight is 204 g/mol. The number of carboxylic acids is 1. The highest BCUT2D eigenvalue weighted by Crippen LogP contribution is 2.12. The van der Waals surface area contributed by atoms with E-state index in [1.165, 1.54) is 6.08 Å². The lowest BCUT2D eigenvalue weighted by Gasteiger charge is -2.00. The molecule has 0 amide bonds. The molecule has 0 spiro atoms. The lowest BCUT2D eigenvalue weighted by Crippen LogP contribution is -1.91. The lowest BCUT2D eigenvalue weighted by atomic mass is 10.0. The minimum atomic E-state index is -0.883. The number of benzene rings is 1. The van der Waals surface area contributed by atoms with Crippen molar-refractivity contribution in [2.24, 2.45) is 0 Å². The van der Waals surface area contributed by atoms with Crippen LogP contribution in [0.25, 0.3) is 6.08 Å². The van der Waals surface area contributed by atoms with Crippen LogP contribution in [0.5, 0.6) is 0 Å². The molecule has 1 rings (SSSR count). The van der Waals surface area contributed by atoms with Crippen molar-refractivity contribution in [3.8, 4) is 0 Å². The molecule has 0 aliphatic heterocycles. The SMILES string of the molecule is Cc1ccc(C=O)c(C=CCC(=O)O)c1. The molecule has 0 aromatic heterocycles. The van der Waals surface area contributed by atoms with E-state index in [0.717, 1.165) is 17.4 Å². The molecule has 0 fully saturated rings. The topological polar surface area (TPSA) is 54.4 Å². The first-order chi connectivity index (χ1) is 7.13. The van der Waals surface area contributed by atoms with Crippen molar-refractivity contribution in [1.82, 2.24) is 0 Å². The Morgan fingerprint density at radius 1 is 1.40 bits per heavy atom. The van der Waals surface area contributed by atoms with Crippen molar-refractivity contribution in [2.75, 3.05) is 0 Å². The van der Waals surface area contributed by atoms with E-state index in [0.29, 0.717) is 5.56 Å². The standard InChI is InChI=1S/C12H12O3/c1-9-5-6-11(8-13)10(7-9)3-2-4-12(14)15/h2-3,5-8H,4H2,1H3,(H,14,15). The third-order valence-corrected chi connectivity index (χ3v) is 1.96. The molecule has 0 saturated carbocycles. The van der Waals surface area contributed by atoms with Crippen LogP contribution in [0.15, 0.2) is 24.3 Å². The second-order valence-electron chi connectivity index (χ2n) is 3.25. The zero-order valence-corrected chi connectivity index (χ0v) is 8.43. The Hall–Kier alpha value is -1.90. The number of rotatable bonds is 4. The molecule has 0 radical (unpaired) electrons. The van der Waals surface area contributed by atoms with Crippen LogP contribution in [0.1, 0.15) is 27.9 Å². The monoisotopic (exact) mass is 204 g/mol. The normalized spacial score (nSPS) is 10.5. The zero-order chi connectivity index (χ0) is 11.3. The average Bonchev–Trinajstić information content (AvgIpc) is 2.17. The Labute approximate surface area is 88.0 Å².